The van der Waals surface area contributed by atoms with Gasteiger partial charge in [0.1, 0.15) is 0 Å². The number of hydrogen-bond donors (Lipinski definition) is 1. The van der Waals surface area contributed by atoms with Gasteiger partial charge in [-0.25, -0.2) is 4.98 Å². The molecular formula is C18H20N4O2S. The number of thioether (sulfide) groups is 1. The van der Waals surface area contributed by atoms with Gasteiger partial charge in [0.05, 0.1) is 5.75 Å². The van der Waals surface area contributed by atoms with Gasteiger partial charge in [-0.3, -0.25) is 9.59 Å². The van der Waals surface area contributed by atoms with Crippen LogP contribution in [0.5, 0.6) is 0 Å². The fourth-order valence-corrected chi connectivity index (χ4v) is 4.00. The van der Waals surface area contributed by atoms with Crippen molar-refractivity contribution in [1.29, 1.82) is 0 Å². The summed E-state index contributed by atoms with van der Waals surface area (Å²) >= 11 is 1.47. The Hall–Kier alpha value is -2.28. The van der Waals surface area contributed by atoms with Gasteiger partial charge >= 0.3 is 0 Å². The van der Waals surface area contributed by atoms with Gasteiger partial charge in [-0.05, 0) is 43.0 Å². The van der Waals surface area contributed by atoms with Crippen LogP contribution in [0, 0.1) is 0 Å². The highest BCUT2D eigenvalue weighted by Crippen LogP contribution is 2.37. The van der Waals surface area contributed by atoms with Crippen LogP contribution in [0.4, 0.5) is 11.4 Å². The standard InChI is InChI=1S/C18H20N4O2S/c1-12(23)21-8-6-13-10-14(2-5-16(13)21)20-17(24)11-25-18-19-7-9-22(18)15-3-4-15/h2,5,7,9-10,15H,3-4,6,8,11H2,1H3,(H,20,24). The highest BCUT2D eigenvalue weighted by molar-refractivity contribution is 7.99. The molecule has 4 rings (SSSR count). The van der Waals surface area contributed by atoms with Gasteiger partial charge in [0.25, 0.3) is 0 Å². The number of rotatable bonds is 5. The Kier molecular flexibility index (Phi) is 4.25. The summed E-state index contributed by atoms with van der Waals surface area (Å²) in [7, 11) is 0. The molecule has 0 saturated heterocycles. The molecule has 0 radical (unpaired) electrons. The number of imidazole rings is 1. The first-order chi connectivity index (χ1) is 12.1. The van der Waals surface area contributed by atoms with Gasteiger partial charge in [-0.1, -0.05) is 11.8 Å². The predicted molar refractivity (Wildman–Crippen MR) is 98.0 cm³/mol. The molecule has 25 heavy (non-hydrogen) atoms. The lowest BCUT2D eigenvalue weighted by atomic mass is 10.1. The number of carbonyl (C=O) groups excluding carboxylic acids is 2. The molecule has 0 atom stereocenters. The molecule has 2 aliphatic rings. The largest absolute Gasteiger partial charge is 0.325 e. The third kappa shape index (κ3) is 3.42. The summed E-state index contributed by atoms with van der Waals surface area (Å²) in [6, 6.07) is 6.29. The van der Waals surface area contributed by atoms with E-state index in [1.807, 2.05) is 24.4 Å². The molecule has 2 amide bonds. The third-order valence-electron chi connectivity index (χ3n) is 4.54. The summed E-state index contributed by atoms with van der Waals surface area (Å²) in [5.74, 6) is 0.343. The van der Waals surface area contributed by atoms with Crippen molar-refractivity contribution in [2.75, 3.05) is 22.5 Å². The number of amides is 2. The second-order valence-electron chi connectivity index (χ2n) is 6.45. The third-order valence-corrected chi connectivity index (χ3v) is 5.53. The number of nitrogens with zero attached hydrogens (tertiary/aromatic N) is 3. The topological polar surface area (TPSA) is 67.2 Å². The summed E-state index contributed by atoms with van der Waals surface area (Å²) in [5, 5.41) is 3.85. The average molecular weight is 356 g/mol. The summed E-state index contributed by atoms with van der Waals surface area (Å²) in [6.45, 7) is 2.29. The van der Waals surface area contributed by atoms with E-state index >= 15 is 0 Å². The van der Waals surface area contributed by atoms with Crippen LogP contribution in [0.1, 0.15) is 31.4 Å². The molecule has 7 heteroatoms. The molecule has 6 nitrogen and oxygen atoms in total. The first-order valence-electron chi connectivity index (χ1n) is 8.48. The number of benzene rings is 1. The SMILES string of the molecule is CC(=O)N1CCc2cc(NC(=O)CSc3nccn3C3CC3)ccc21. The molecule has 1 aliphatic heterocycles. The van der Waals surface area contributed by atoms with Crippen LogP contribution in [-0.4, -0.2) is 33.7 Å². The van der Waals surface area contributed by atoms with Crippen LogP contribution in [0.2, 0.25) is 0 Å². The number of fused-ring (bicyclic) bond motifs is 1. The average Bonchev–Trinajstić information content (AvgIpc) is 3.17. The fourth-order valence-electron chi connectivity index (χ4n) is 3.18. The van der Waals surface area contributed by atoms with Crippen molar-refractivity contribution in [1.82, 2.24) is 9.55 Å². The first kappa shape index (κ1) is 16.2. The Labute approximate surface area is 150 Å². The minimum absolute atomic E-state index is 0.0447. The quantitative estimate of drug-likeness (QED) is 0.837. The Morgan fingerprint density at radius 2 is 2.20 bits per heavy atom. The molecule has 1 saturated carbocycles. The fraction of sp³-hybridized carbons (Fsp3) is 0.389. The Balaban J connectivity index is 1.36. The Morgan fingerprint density at radius 3 is 2.96 bits per heavy atom. The van der Waals surface area contributed by atoms with Crippen molar-refractivity contribution in [2.45, 2.75) is 37.4 Å². The van der Waals surface area contributed by atoms with E-state index in [0.717, 1.165) is 28.5 Å². The minimum Gasteiger partial charge on any atom is -0.325 e. The lowest BCUT2D eigenvalue weighted by molar-refractivity contribution is -0.116. The van der Waals surface area contributed by atoms with Crippen molar-refractivity contribution in [3.63, 3.8) is 0 Å². The highest BCUT2D eigenvalue weighted by atomic mass is 32.2. The molecule has 1 aliphatic carbocycles. The molecule has 1 N–H and O–H groups in total. The van der Waals surface area contributed by atoms with Crippen LogP contribution in [0.15, 0.2) is 35.7 Å². The lowest BCUT2D eigenvalue weighted by Crippen LogP contribution is -2.25. The molecule has 2 aromatic rings. The summed E-state index contributed by atoms with van der Waals surface area (Å²) in [4.78, 5) is 29.9. The number of carbonyl (C=O) groups is 2. The molecule has 0 unspecified atom stereocenters. The van der Waals surface area contributed by atoms with Gasteiger partial charge in [0.15, 0.2) is 5.16 Å². The van der Waals surface area contributed by atoms with Crippen molar-refractivity contribution in [3.8, 4) is 0 Å². The monoisotopic (exact) mass is 356 g/mol. The summed E-state index contributed by atoms with van der Waals surface area (Å²) in [5.41, 5.74) is 2.83. The summed E-state index contributed by atoms with van der Waals surface area (Å²) in [6.07, 6.45) is 7.00. The number of nitrogens with one attached hydrogen (secondary N) is 1. The maximum atomic E-state index is 12.2. The van der Waals surface area contributed by atoms with Gasteiger partial charge < -0.3 is 14.8 Å². The van der Waals surface area contributed by atoms with Crippen LogP contribution in [0.25, 0.3) is 0 Å². The second kappa shape index (κ2) is 6.55. The van der Waals surface area contributed by atoms with Crippen LogP contribution in [-0.2, 0) is 16.0 Å². The molecular weight excluding hydrogens is 336 g/mol. The van der Waals surface area contributed by atoms with E-state index in [0.29, 0.717) is 18.3 Å². The Bertz CT molecular complexity index is 828. The number of aromatic nitrogens is 2. The first-order valence-corrected chi connectivity index (χ1v) is 9.47. The maximum absolute atomic E-state index is 12.2. The van der Waals surface area contributed by atoms with Gasteiger partial charge in [0.2, 0.25) is 11.8 Å². The van der Waals surface area contributed by atoms with E-state index in [2.05, 4.69) is 14.9 Å². The molecule has 1 fully saturated rings. The molecule has 2 heterocycles. The zero-order valence-corrected chi connectivity index (χ0v) is 14.9. The van der Waals surface area contributed by atoms with Crippen molar-refractivity contribution >= 4 is 35.0 Å². The van der Waals surface area contributed by atoms with E-state index in [1.54, 1.807) is 18.0 Å². The highest BCUT2D eigenvalue weighted by Gasteiger charge is 2.26. The van der Waals surface area contributed by atoms with Crippen LogP contribution >= 0.6 is 11.8 Å². The maximum Gasteiger partial charge on any atom is 0.234 e. The van der Waals surface area contributed by atoms with Crippen molar-refractivity contribution in [3.05, 3.63) is 36.2 Å². The molecule has 1 aromatic carbocycles. The van der Waals surface area contributed by atoms with E-state index in [-0.39, 0.29) is 11.8 Å². The van der Waals surface area contributed by atoms with Crippen LogP contribution < -0.4 is 10.2 Å². The van der Waals surface area contributed by atoms with Gasteiger partial charge in [-0.15, -0.1) is 0 Å². The molecule has 0 spiro atoms. The zero-order valence-electron chi connectivity index (χ0n) is 14.1. The van der Waals surface area contributed by atoms with E-state index < -0.39 is 0 Å². The van der Waals surface area contributed by atoms with Gasteiger partial charge in [-0.2, -0.15) is 0 Å². The summed E-state index contributed by atoms with van der Waals surface area (Å²) < 4.78 is 2.16. The van der Waals surface area contributed by atoms with Crippen molar-refractivity contribution < 1.29 is 9.59 Å². The number of hydrogen-bond acceptors (Lipinski definition) is 4. The van der Waals surface area contributed by atoms with E-state index in [4.69, 9.17) is 0 Å². The smallest absolute Gasteiger partial charge is 0.234 e. The lowest BCUT2D eigenvalue weighted by Gasteiger charge is -2.15. The molecule has 1 aromatic heterocycles. The van der Waals surface area contributed by atoms with Crippen LogP contribution in [0.3, 0.4) is 0 Å². The molecule has 0 bridgehead atoms. The van der Waals surface area contributed by atoms with Gasteiger partial charge in [0, 0.05) is 43.3 Å². The van der Waals surface area contributed by atoms with E-state index in [1.165, 1.54) is 24.6 Å². The Morgan fingerprint density at radius 1 is 1.36 bits per heavy atom. The second-order valence-corrected chi connectivity index (χ2v) is 7.39. The minimum atomic E-state index is -0.0447. The van der Waals surface area contributed by atoms with Crippen molar-refractivity contribution in [2.24, 2.45) is 0 Å². The molecule has 130 valence electrons. The predicted octanol–water partition coefficient (Wildman–Crippen LogP) is 2.86. The number of anilines is 2. The van der Waals surface area contributed by atoms with E-state index in [9.17, 15) is 9.59 Å². The normalized spacial score (nSPS) is 16.0. The zero-order chi connectivity index (χ0) is 17.4.